The summed E-state index contributed by atoms with van der Waals surface area (Å²) in [4.78, 5) is 14.9. The van der Waals surface area contributed by atoms with Crippen LogP contribution in [0.4, 0.5) is 5.69 Å². The lowest BCUT2D eigenvalue weighted by Gasteiger charge is -2.34. The Morgan fingerprint density at radius 2 is 1.90 bits per heavy atom. The summed E-state index contributed by atoms with van der Waals surface area (Å²) in [6, 6.07) is 7.21. The maximum atomic E-state index is 12.3. The first-order chi connectivity index (χ1) is 9.97. The minimum absolute atomic E-state index is 0.0348. The van der Waals surface area contributed by atoms with Crippen LogP contribution in [0.1, 0.15) is 32.3 Å². The minimum atomic E-state index is -0.104. The highest BCUT2D eigenvalue weighted by Crippen LogP contribution is 2.19. The van der Waals surface area contributed by atoms with Crippen molar-refractivity contribution in [1.82, 2.24) is 4.90 Å². The number of hydrogen-bond acceptors (Lipinski definition) is 3. The van der Waals surface area contributed by atoms with Crippen LogP contribution in [0.25, 0.3) is 0 Å². The van der Waals surface area contributed by atoms with E-state index in [9.17, 15) is 4.79 Å². The van der Waals surface area contributed by atoms with Crippen molar-refractivity contribution in [1.29, 1.82) is 0 Å². The van der Waals surface area contributed by atoms with Crippen molar-refractivity contribution in [2.24, 2.45) is 11.7 Å². The Morgan fingerprint density at radius 3 is 2.43 bits per heavy atom. The van der Waals surface area contributed by atoms with Gasteiger partial charge in [0.15, 0.2) is 0 Å². The van der Waals surface area contributed by atoms with E-state index >= 15 is 0 Å². The van der Waals surface area contributed by atoms with Crippen molar-refractivity contribution in [2.45, 2.75) is 32.7 Å². The molecular formula is C16H23N3OS. The molecule has 1 fully saturated rings. The summed E-state index contributed by atoms with van der Waals surface area (Å²) in [6.07, 6.45) is 2.33. The van der Waals surface area contributed by atoms with Crippen LogP contribution in [-0.2, 0) is 4.79 Å². The van der Waals surface area contributed by atoms with Gasteiger partial charge in [-0.25, -0.2) is 0 Å². The number of amides is 1. The van der Waals surface area contributed by atoms with Gasteiger partial charge in [-0.3, -0.25) is 9.69 Å². The molecule has 114 valence electrons. The van der Waals surface area contributed by atoms with Gasteiger partial charge < -0.3 is 11.1 Å². The molecule has 1 heterocycles. The third kappa shape index (κ3) is 4.25. The van der Waals surface area contributed by atoms with Crippen molar-refractivity contribution in [3.05, 3.63) is 29.8 Å². The number of nitrogens with two attached hydrogens (primary N) is 1. The highest BCUT2D eigenvalue weighted by molar-refractivity contribution is 7.80. The highest BCUT2D eigenvalue weighted by atomic mass is 32.1. The second-order valence-electron chi connectivity index (χ2n) is 5.83. The second-order valence-corrected chi connectivity index (χ2v) is 6.27. The van der Waals surface area contributed by atoms with Crippen molar-refractivity contribution in [2.75, 3.05) is 18.4 Å². The molecule has 0 bridgehead atoms. The summed E-state index contributed by atoms with van der Waals surface area (Å²) in [5.41, 5.74) is 7.14. The van der Waals surface area contributed by atoms with Crippen LogP contribution in [0.2, 0.25) is 0 Å². The van der Waals surface area contributed by atoms with Crippen molar-refractivity contribution < 1.29 is 4.79 Å². The summed E-state index contributed by atoms with van der Waals surface area (Å²) in [7, 11) is 0. The Kier molecular flexibility index (Phi) is 5.31. The van der Waals surface area contributed by atoms with E-state index in [1.165, 1.54) is 12.8 Å². The van der Waals surface area contributed by atoms with Gasteiger partial charge in [-0.1, -0.05) is 19.1 Å². The SMILES string of the molecule is CC1CCN(C(C)C(=O)Nc2ccc(C(N)=S)cc2)CC1. The maximum Gasteiger partial charge on any atom is 0.241 e. The predicted molar refractivity (Wildman–Crippen MR) is 90.4 cm³/mol. The van der Waals surface area contributed by atoms with Crippen LogP contribution >= 0.6 is 12.2 Å². The van der Waals surface area contributed by atoms with Crippen LogP contribution in [0.15, 0.2) is 24.3 Å². The number of likely N-dealkylation sites (tertiary alicyclic amines) is 1. The van der Waals surface area contributed by atoms with E-state index in [-0.39, 0.29) is 11.9 Å². The Bertz CT molecular complexity index is 507. The molecule has 0 radical (unpaired) electrons. The molecule has 1 unspecified atom stereocenters. The fourth-order valence-corrected chi connectivity index (χ4v) is 2.68. The molecular weight excluding hydrogens is 282 g/mol. The van der Waals surface area contributed by atoms with Crippen LogP contribution in [-0.4, -0.2) is 34.9 Å². The Balaban J connectivity index is 1.92. The van der Waals surface area contributed by atoms with Crippen molar-refractivity contribution >= 4 is 28.8 Å². The largest absolute Gasteiger partial charge is 0.389 e. The van der Waals surface area contributed by atoms with Gasteiger partial charge in [-0.05, 0) is 63.0 Å². The monoisotopic (exact) mass is 305 g/mol. The molecule has 0 aromatic heterocycles. The number of anilines is 1. The molecule has 1 amide bonds. The van der Waals surface area contributed by atoms with E-state index in [1.807, 2.05) is 31.2 Å². The maximum absolute atomic E-state index is 12.3. The molecule has 0 aliphatic carbocycles. The first-order valence-corrected chi connectivity index (χ1v) is 7.83. The standard InChI is InChI=1S/C16H23N3OS/c1-11-7-9-19(10-8-11)12(2)16(20)18-14-5-3-13(4-6-14)15(17)21/h3-6,11-12H,7-10H2,1-2H3,(H2,17,21)(H,18,20). The molecule has 5 heteroatoms. The Morgan fingerprint density at radius 1 is 1.33 bits per heavy atom. The number of carbonyl (C=O) groups excluding carboxylic acids is 1. The lowest BCUT2D eigenvalue weighted by Crippen LogP contribution is -2.45. The van der Waals surface area contributed by atoms with E-state index in [2.05, 4.69) is 17.1 Å². The van der Waals surface area contributed by atoms with Crippen LogP contribution in [0.3, 0.4) is 0 Å². The van der Waals surface area contributed by atoms with E-state index in [0.717, 1.165) is 30.3 Å². The quantitative estimate of drug-likeness (QED) is 0.839. The van der Waals surface area contributed by atoms with Crippen LogP contribution in [0.5, 0.6) is 0 Å². The number of rotatable bonds is 4. The van der Waals surface area contributed by atoms with Gasteiger partial charge in [0.25, 0.3) is 0 Å². The van der Waals surface area contributed by atoms with E-state index in [1.54, 1.807) is 0 Å². The van der Waals surface area contributed by atoms with E-state index in [4.69, 9.17) is 18.0 Å². The zero-order valence-corrected chi connectivity index (χ0v) is 13.5. The minimum Gasteiger partial charge on any atom is -0.389 e. The lowest BCUT2D eigenvalue weighted by molar-refractivity contribution is -0.121. The van der Waals surface area contributed by atoms with Crippen LogP contribution in [0, 0.1) is 5.92 Å². The number of nitrogens with one attached hydrogen (secondary N) is 1. The van der Waals surface area contributed by atoms with Gasteiger partial charge in [0.2, 0.25) is 5.91 Å². The summed E-state index contributed by atoms with van der Waals surface area (Å²) >= 11 is 4.91. The van der Waals surface area contributed by atoms with E-state index in [0.29, 0.717) is 4.99 Å². The summed E-state index contributed by atoms with van der Waals surface area (Å²) in [5, 5.41) is 2.95. The third-order valence-corrected chi connectivity index (χ3v) is 4.42. The number of benzene rings is 1. The smallest absolute Gasteiger partial charge is 0.241 e. The van der Waals surface area contributed by atoms with Gasteiger partial charge in [-0.2, -0.15) is 0 Å². The molecule has 1 aliphatic rings. The number of piperidine rings is 1. The summed E-state index contributed by atoms with van der Waals surface area (Å²) in [5.74, 6) is 0.803. The number of hydrogen-bond donors (Lipinski definition) is 2. The Labute approximate surface area is 131 Å². The highest BCUT2D eigenvalue weighted by Gasteiger charge is 2.24. The number of nitrogens with zero attached hydrogens (tertiary/aromatic N) is 1. The molecule has 4 nitrogen and oxygen atoms in total. The van der Waals surface area contributed by atoms with Crippen LogP contribution < -0.4 is 11.1 Å². The molecule has 1 aromatic carbocycles. The molecule has 1 aromatic rings. The number of thiocarbonyl (C=S) groups is 1. The molecule has 0 saturated carbocycles. The zero-order valence-electron chi connectivity index (χ0n) is 12.6. The molecule has 0 spiro atoms. The molecule has 2 rings (SSSR count). The third-order valence-electron chi connectivity index (χ3n) is 4.18. The van der Waals surface area contributed by atoms with Gasteiger partial charge in [0, 0.05) is 11.3 Å². The van der Waals surface area contributed by atoms with Crippen molar-refractivity contribution in [3.63, 3.8) is 0 Å². The van der Waals surface area contributed by atoms with Gasteiger partial charge in [-0.15, -0.1) is 0 Å². The second kappa shape index (κ2) is 7.00. The van der Waals surface area contributed by atoms with E-state index < -0.39 is 0 Å². The molecule has 3 N–H and O–H groups in total. The predicted octanol–water partition coefficient (Wildman–Crippen LogP) is 2.38. The first-order valence-electron chi connectivity index (χ1n) is 7.42. The number of carbonyl (C=O) groups is 1. The average molecular weight is 305 g/mol. The molecule has 1 atom stereocenters. The lowest BCUT2D eigenvalue weighted by atomic mass is 9.98. The fraction of sp³-hybridized carbons (Fsp3) is 0.500. The van der Waals surface area contributed by atoms with Crippen molar-refractivity contribution in [3.8, 4) is 0 Å². The average Bonchev–Trinajstić information content (AvgIpc) is 2.47. The normalized spacial score (nSPS) is 18.2. The summed E-state index contributed by atoms with van der Waals surface area (Å²) in [6.45, 7) is 6.23. The summed E-state index contributed by atoms with van der Waals surface area (Å²) < 4.78 is 0. The fourth-order valence-electron chi connectivity index (χ4n) is 2.55. The Hall–Kier alpha value is -1.46. The van der Waals surface area contributed by atoms with Gasteiger partial charge in [0.05, 0.1) is 6.04 Å². The molecule has 1 aliphatic heterocycles. The van der Waals surface area contributed by atoms with Gasteiger partial charge in [0.1, 0.15) is 4.99 Å². The van der Waals surface area contributed by atoms with Gasteiger partial charge >= 0.3 is 0 Å². The molecule has 21 heavy (non-hydrogen) atoms. The topological polar surface area (TPSA) is 58.4 Å². The first kappa shape index (κ1) is 15.9. The zero-order chi connectivity index (χ0) is 15.4. The molecule has 1 saturated heterocycles.